The van der Waals surface area contributed by atoms with Crippen molar-refractivity contribution < 1.29 is 9.53 Å². The van der Waals surface area contributed by atoms with E-state index in [0.717, 1.165) is 52.0 Å². The molecule has 1 aromatic heterocycles. The monoisotopic (exact) mass is 277 g/mol. The van der Waals surface area contributed by atoms with Gasteiger partial charge in [-0.25, -0.2) is 0 Å². The van der Waals surface area contributed by atoms with Crippen LogP contribution >= 0.6 is 0 Å². The zero-order valence-corrected chi connectivity index (χ0v) is 12.1. The molecule has 1 atom stereocenters. The van der Waals surface area contributed by atoms with Gasteiger partial charge in [0.25, 0.3) is 0 Å². The molecule has 0 N–H and O–H groups in total. The minimum atomic E-state index is 0.170. The lowest BCUT2D eigenvalue weighted by atomic mass is 9.98. The molecule has 20 heavy (non-hydrogen) atoms. The first-order valence-corrected chi connectivity index (χ1v) is 7.61. The maximum Gasteiger partial charge on any atom is 0.226 e. The topological polar surface area (TPSA) is 47.4 Å². The van der Waals surface area contributed by atoms with E-state index >= 15 is 0 Å². The molecule has 1 unspecified atom stereocenters. The summed E-state index contributed by atoms with van der Waals surface area (Å²) in [6.45, 7) is 5.23. The average molecular weight is 277 g/mol. The minimum absolute atomic E-state index is 0.170. The van der Waals surface area contributed by atoms with Crippen molar-refractivity contribution in [1.82, 2.24) is 14.7 Å². The summed E-state index contributed by atoms with van der Waals surface area (Å²) < 4.78 is 7.32. The SMILES string of the molecule is Cc1cnn(CC2CCCN2C(=O)C2CCOCC2)c1. The maximum absolute atomic E-state index is 12.6. The smallest absolute Gasteiger partial charge is 0.226 e. The summed E-state index contributed by atoms with van der Waals surface area (Å²) in [5, 5.41) is 4.34. The second-order valence-corrected chi connectivity index (χ2v) is 5.95. The van der Waals surface area contributed by atoms with E-state index < -0.39 is 0 Å². The van der Waals surface area contributed by atoms with Gasteiger partial charge in [0.15, 0.2) is 0 Å². The van der Waals surface area contributed by atoms with Crippen LogP contribution in [0.1, 0.15) is 31.2 Å². The van der Waals surface area contributed by atoms with Gasteiger partial charge in [-0.1, -0.05) is 0 Å². The van der Waals surface area contributed by atoms with Crippen molar-refractivity contribution in [3.63, 3.8) is 0 Å². The van der Waals surface area contributed by atoms with E-state index in [1.165, 1.54) is 5.56 Å². The van der Waals surface area contributed by atoms with E-state index in [1.807, 2.05) is 17.8 Å². The maximum atomic E-state index is 12.6. The van der Waals surface area contributed by atoms with Gasteiger partial charge in [-0.05, 0) is 38.2 Å². The van der Waals surface area contributed by atoms with E-state index in [9.17, 15) is 4.79 Å². The lowest BCUT2D eigenvalue weighted by molar-refractivity contribution is -0.139. The van der Waals surface area contributed by atoms with Crippen LogP contribution in [0.5, 0.6) is 0 Å². The van der Waals surface area contributed by atoms with Crippen LogP contribution in [-0.2, 0) is 16.1 Å². The van der Waals surface area contributed by atoms with Crippen LogP contribution in [0.3, 0.4) is 0 Å². The van der Waals surface area contributed by atoms with Crippen molar-refractivity contribution in [1.29, 1.82) is 0 Å². The molecule has 110 valence electrons. The quantitative estimate of drug-likeness (QED) is 0.843. The van der Waals surface area contributed by atoms with E-state index in [-0.39, 0.29) is 5.92 Å². The molecule has 1 aromatic rings. The third-order valence-corrected chi connectivity index (χ3v) is 4.39. The highest BCUT2D eigenvalue weighted by Crippen LogP contribution is 2.25. The highest BCUT2D eigenvalue weighted by Gasteiger charge is 2.33. The molecule has 3 rings (SSSR count). The molecule has 2 saturated heterocycles. The van der Waals surface area contributed by atoms with Gasteiger partial charge in [0.05, 0.1) is 18.8 Å². The summed E-state index contributed by atoms with van der Waals surface area (Å²) in [6.07, 6.45) is 7.88. The van der Waals surface area contributed by atoms with Gasteiger partial charge in [-0.15, -0.1) is 0 Å². The highest BCUT2D eigenvalue weighted by atomic mass is 16.5. The number of carbonyl (C=O) groups is 1. The van der Waals surface area contributed by atoms with Crippen molar-refractivity contribution in [2.24, 2.45) is 5.92 Å². The largest absolute Gasteiger partial charge is 0.381 e. The first kappa shape index (κ1) is 13.6. The lowest BCUT2D eigenvalue weighted by Crippen LogP contribution is -2.43. The third-order valence-electron chi connectivity index (χ3n) is 4.39. The van der Waals surface area contributed by atoms with Crippen LogP contribution in [0.4, 0.5) is 0 Å². The number of aromatic nitrogens is 2. The molecule has 2 aliphatic heterocycles. The molecule has 2 fully saturated rings. The Kier molecular flexibility index (Phi) is 4.05. The van der Waals surface area contributed by atoms with Gasteiger partial charge in [0.2, 0.25) is 5.91 Å². The fourth-order valence-electron chi connectivity index (χ4n) is 3.28. The number of hydrogen-bond donors (Lipinski definition) is 0. The first-order chi connectivity index (χ1) is 9.74. The number of hydrogen-bond acceptors (Lipinski definition) is 3. The van der Waals surface area contributed by atoms with E-state index in [1.54, 1.807) is 0 Å². The summed E-state index contributed by atoms with van der Waals surface area (Å²) in [5.41, 5.74) is 1.17. The lowest BCUT2D eigenvalue weighted by Gasteiger charge is -2.30. The summed E-state index contributed by atoms with van der Waals surface area (Å²) in [7, 11) is 0. The number of carbonyl (C=O) groups excluding carboxylic acids is 1. The summed E-state index contributed by atoms with van der Waals surface area (Å²) >= 11 is 0. The van der Waals surface area contributed by atoms with E-state index in [0.29, 0.717) is 11.9 Å². The van der Waals surface area contributed by atoms with Gasteiger partial charge in [-0.3, -0.25) is 9.48 Å². The van der Waals surface area contributed by atoms with Crippen molar-refractivity contribution in [3.8, 4) is 0 Å². The van der Waals surface area contributed by atoms with E-state index in [4.69, 9.17) is 4.74 Å². The predicted octanol–water partition coefficient (Wildman–Crippen LogP) is 1.61. The van der Waals surface area contributed by atoms with Crippen LogP contribution in [0, 0.1) is 12.8 Å². The Hall–Kier alpha value is -1.36. The van der Waals surface area contributed by atoms with Crippen LogP contribution in [0.2, 0.25) is 0 Å². The van der Waals surface area contributed by atoms with Crippen molar-refractivity contribution in [2.45, 2.75) is 45.2 Å². The number of likely N-dealkylation sites (tertiary alicyclic amines) is 1. The molecule has 3 heterocycles. The van der Waals surface area contributed by atoms with Crippen molar-refractivity contribution in [2.75, 3.05) is 19.8 Å². The number of ether oxygens (including phenoxy) is 1. The molecular formula is C15H23N3O2. The molecule has 5 heteroatoms. The average Bonchev–Trinajstić information content (AvgIpc) is 3.09. The minimum Gasteiger partial charge on any atom is -0.381 e. The molecule has 0 aromatic carbocycles. The standard InChI is InChI=1S/C15H23N3O2/c1-12-9-16-17(10-12)11-14-3-2-6-18(14)15(19)13-4-7-20-8-5-13/h9-10,13-14H,2-8,11H2,1H3. The number of rotatable bonds is 3. The molecular weight excluding hydrogens is 254 g/mol. The van der Waals surface area contributed by atoms with Gasteiger partial charge in [-0.2, -0.15) is 5.10 Å². The number of nitrogens with zero attached hydrogens (tertiary/aromatic N) is 3. The summed E-state index contributed by atoms with van der Waals surface area (Å²) in [6, 6.07) is 0.310. The van der Waals surface area contributed by atoms with Crippen LogP contribution in [-0.4, -0.2) is 46.4 Å². The van der Waals surface area contributed by atoms with E-state index in [2.05, 4.69) is 16.2 Å². The Labute approximate surface area is 119 Å². The molecule has 1 amide bonds. The second-order valence-electron chi connectivity index (χ2n) is 5.95. The van der Waals surface area contributed by atoms with Crippen LogP contribution in [0.15, 0.2) is 12.4 Å². The Balaban J connectivity index is 1.63. The fourth-order valence-corrected chi connectivity index (χ4v) is 3.28. The third kappa shape index (κ3) is 2.87. The van der Waals surface area contributed by atoms with Gasteiger partial charge in [0, 0.05) is 31.9 Å². The molecule has 2 aliphatic rings. The Morgan fingerprint density at radius 3 is 2.90 bits per heavy atom. The number of aryl methyl sites for hydroxylation is 1. The van der Waals surface area contributed by atoms with Crippen LogP contribution < -0.4 is 0 Å². The van der Waals surface area contributed by atoms with Crippen molar-refractivity contribution >= 4 is 5.91 Å². The normalized spacial score (nSPS) is 24.2. The van der Waals surface area contributed by atoms with Gasteiger partial charge in [0.1, 0.15) is 0 Å². The molecule has 0 bridgehead atoms. The second kappa shape index (κ2) is 5.95. The van der Waals surface area contributed by atoms with Crippen molar-refractivity contribution in [3.05, 3.63) is 18.0 Å². The Bertz CT molecular complexity index is 465. The summed E-state index contributed by atoms with van der Waals surface area (Å²) in [4.78, 5) is 14.7. The van der Waals surface area contributed by atoms with Crippen LogP contribution in [0.25, 0.3) is 0 Å². The molecule has 0 spiro atoms. The van der Waals surface area contributed by atoms with Gasteiger partial charge < -0.3 is 9.64 Å². The summed E-state index contributed by atoms with van der Waals surface area (Å²) in [5.74, 6) is 0.503. The van der Waals surface area contributed by atoms with Gasteiger partial charge >= 0.3 is 0 Å². The Morgan fingerprint density at radius 2 is 2.20 bits per heavy atom. The highest BCUT2D eigenvalue weighted by molar-refractivity contribution is 5.79. The number of amides is 1. The molecule has 0 aliphatic carbocycles. The first-order valence-electron chi connectivity index (χ1n) is 7.61. The zero-order valence-electron chi connectivity index (χ0n) is 12.1. The molecule has 5 nitrogen and oxygen atoms in total. The molecule has 0 saturated carbocycles. The molecule has 0 radical (unpaired) electrons. The Morgan fingerprint density at radius 1 is 1.40 bits per heavy atom. The predicted molar refractivity (Wildman–Crippen MR) is 75.2 cm³/mol. The fraction of sp³-hybridized carbons (Fsp3) is 0.733. The zero-order chi connectivity index (χ0) is 13.9.